The molecule has 0 radical (unpaired) electrons. The van der Waals surface area contributed by atoms with Crippen LogP contribution in [-0.2, 0) is 4.79 Å². The zero-order chi connectivity index (χ0) is 24.7. The number of carbonyl (C=O) groups is 2. The van der Waals surface area contributed by atoms with Gasteiger partial charge in [0.05, 0.1) is 11.4 Å². The van der Waals surface area contributed by atoms with Gasteiger partial charge in [-0.25, -0.2) is 9.59 Å². The number of hydrogen-bond acceptors (Lipinski definition) is 4. The first-order valence-corrected chi connectivity index (χ1v) is 12.1. The normalized spacial score (nSPS) is 14.0. The number of aliphatic carboxylic acids is 1. The number of hydrogen-bond donors (Lipinski definition) is 2. The summed E-state index contributed by atoms with van der Waals surface area (Å²) in [5.41, 5.74) is 3.47. The number of nitrogens with one attached hydrogen (secondary N) is 1. The summed E-state index contributed by atoms with van der Waals surface area (Å²) < 4.78 is 5.43. The number of aryl methyl sites for hydroxylation is 1. The number of rotatable bonds is 9. The fourth-order valence-corrected chi connectivity index (χ4v) is 4.42. The summed E-state index contributed by atoms with van der Waals surface area (Å²) in [5, 5.41) is 12.1. The molecule has 0 aromatic heterocycles. The van der Waals surface area contributed by atoms with Gasteiger partial charge in [0.15, 0.2) is 6.61 Å². The molecule has 0 bridgehead atoms. The van der Waals surface area contributed by atoms with Crippen molar-refractivity contribution in [2.75, 3.05) is 35.3 Å². The molecule has 0 heterocycles. The number of anilines is 3. The summed E-state index contributed by atoms with van der Waals surface area (Å²) in [7, 11) is 1.73. The molecule has 1 aliphatic rings. The molecule has 1 aliphatic carbocycles. The second-order valence-corrected chi connectivity index (χ2v) is 9.52. The van der Waals surface area contributed by atoms with E-state index in [0.29, 0.717) is 23.4 Å². The second kappa shape index (κ2) is 11.8. The smallest absolute Gasteiger partial charge is 0.341 e. The van der Waals surface area contributed by atoms with Gasteiger partial charge in [0.2, 0.25) is 0 Å². The topological polar surface area (TPSA) is 82.1 Å². The third-order valence-electron chi connectivity index (χ3n) is 6.18. The molecular weight excluding hydrogens is 430 g/mol. The van der Waals surface area contributed by atoms with Gasteiger partial charge in [0.25, 0.3) is 0 Å². The monoisotopic (exact) mass is 467 g/mol. The van der Waals surface area contributed by atoms with Gasteiger partial charge in [0, 0.05) is 31.4 Å². The van der Waals surface area contributed by atoms with Gasteiger partial charge in [0.1, 0.15) is 5.75 Å². The maximum absolute atomic E-state index is 13.2. The molecule has 7 heteroatoms. The van der Waals surface area contributed by atoms with Crippen LogP contribution in [0.25, 0.3) is 0 Å². The maximum Gasteiger partial charge on any atom is 0.341 e. The molecule has 184 valence electrons. The fourth-order valence-electron chi connectivity index (χ4n) is 4.42. The van der Waals surface area contributed by atoms with E-state index in [2.05, 4.69) is 24.1 Å². The van der Waals surface area contributed by atoms with E-state index in [9.17, 15) is 9.59 Å². The van der Waals surface area contributed by atoms with E-state index in [1.165, 1.54) is 19.3 Å². The Morgan fingerprint density at radius 2 is 1.76 bits per heavy atom. The van der Waals surface area contributed by atoms with Crippen LogP contribution in [-0.4, -0.2) is 43.3 Å². The summed E-state index contributed by atoms with van der Waals surface area (Å²) in [6.07, 6.45) is 5.92. The first-order valence-electron chi connectivity index (χ1n) is 12.1. The summed E-state index contributed by atoms with van der Waals surface area (Å²) in [6.45, 7) is 6.84. The highest BCUT2D eigenvalue weighted by Crippen LogP contribution is 2.36. The Kier molecular flexibility index (Phi) is 8.79. The number of carbonyl (C=O) groups excluding carboxylic acids is 1. The van der Waals surface area contributed by atoms with Crippen molar-refractivity contribution in [3.05, 3.63) is 48.0 Å². The SMILES string of the molecule is Cc1ccc(N(C)C(=O)Nc2cc(OCC(=O)O)ccc2N(CC(C)C)C2CCCCC2)cc1. The van der Waals surface area contributed by atoms with Crippen molar-refractivity contribution < 1.29 is 19.4 Å². The molecule has 34 heavy (non-hydrogen) atoms. The number of carboxylic acid groups (broad SMARTS) is 1. The van der Waals surface area contributed by atoms with Crippen molar-refractivity contribution >= 4 is 29.1 Å². The molecular formula is C27H37N3O4. The lowest BCUT2D eigenvalue weighted by Crippen LogP contribution is -2.40. The molecule has 2 aromatic rings. The average molecular weight is 468 g/mol. The lowest BCUT2D eigenvalue weighted by atomic mass is 9.93. The molecule has 0 spiro atoms. The molecule has 0 atom stereocenters. The number of ether oxygens (including phenoxy) is 1. The van der Waals surface area contributed by atoms with Crippen LogP contribution in [0.3, 0.4) is 0 Å². The highest BCUT2D eigenvalue weighted by atomic mass is 16.5. The Balaban J connectivity index is 1.93. The van der Waals surface area contributed by atoms with Gasteiger partial charge < -0.3 is 20.1 Å². The van der Waals surface area contributed by atoms with Crippen molar-refractivity contribution in [2.45, 2.75) is 58.9 Å². The van der Waals surface area contributed by atoms with E-state index in [1.54, 1.807) is 24.1 Å². The zero-order valence-corrected chi connectivity index (χ0v) is 20.7. The minimum absolute atomic E-state index is 0.270. The minimum atomic E-state index is -1.04. The summed E-state index contributed by atoms with van der Waals surface area (Å²) >= 11 is 0. The van der Waals surface area contributed by atoms with E-state index >= 15 is 0 Å². The van der Waals surface area contributed by atoms with Gasteiger partial charge >= 0.3 is 12.0 Å². The van der Waals surface area contributed by atoms with Gasteiger partial charge in [-0.3, -0.25) is 4.90 Å². The Labute approximate surface area is 202 Å². The third-order valence-corrected chi connectivity index (χ3v) is 6.18. The van der Waals surface area contributed by atoms with Crippen molar-refractivity contribution in [1.82, 2.24) is 0 Å². The number of amides is 2. The standard InChI is InChI=1S/C27H37N3O4/c1-19(2)17-30(22-8-6-5-7-9-22)25-15-14-23(34-18-26(31)32)16-24(25)28-27(33)29(4)21-12-10-20(3)11-13-21/h10-16,19,22H,5-9,17-18H2,1-4H3,(H,28,33)(H,31,32). The van der Waals surface area contributed by atoms with E-state index < -0.39 is 12.6 Å². The van der Waals surface area contributed by atoms with Crippen molar-refractivity contribution in [3.8, 4) is 5.75 Å². The quantitative estimate of drug-likeness (QED) is 0.478. The number of benzene rings is 2. The van der Waals surface area contributed by atoms with E-state index in [4.69, 9.17) is 9.84 Å². The first-order chi connectivity index (χ1) is 16.2. The van der Waals surface area contributed by atoms with Gasteiger partial charge in [-0.05, 0) is 49.9 Å². The maximum atomic E-state index is 13.2. The molecule has 0 saturated heterocycles. The van der Waals surface area contributed by atoms with Gasteiger partial charge in [-0.2, -0.15) is 0 Å². The Morgan fingerprint density at radius 1 is 1.09 bits per heavy atom. The highest BCUT2D eigenvalue weighted by Gasteiger charge is 2.25. The van der Waals surface area contributed by atoms with Crippen molar-refractivity contribution in [1.29, 1.82) is 0 Å². The predicted octanol–water partition coefficient (Wildman–Crippen LogP) is 5.92. The van der Waals surface area contributed by atoms with Crippen molar-refractivity contribution in [2.24, 2.45) is 5.92 Å². The third kappa shape index (κ3) is 6.89. The summed E-state index contributed by atoms with van der Waals surface area (Å²) in [4.78, 5) is 28.2. The van der Waals surface area contributed by atoms with Gasteiger partial charge in [-0.15, -0.1) is 0 Å². The molecule has 1 fully saturated rings. The summed E-state index contributed by atoms with van der Waals surface area (Å²) in [5.74, 6) is -0.186. The van der Waals surface area contributed by atoms with E-state index in [0.717, 1.165) is 36.3 Å². The lowest BCUT2D eigenvalue weighted by molar-refractivity contribution is -0.139. The van der Waals surface area contributed by atoms with Crippen LogP contribution >= 0.6 is 0 Å². The molecule has 7 nitrogen and oxygen atoms in total. The molecule has 0 unspecified atom stereocenters. The molecule has 2 amide bonds. The first kappa shape index (κ1) is 25.4. The Morgan fingerprint density at radius 3 is 2.38 bits per heavy atom. The van der Waals surface area contributed by atoms with Crippen LogP contribution in [0.1, 0.15) is 51.5 Å². The number of urea groups is 1. The fraction of sp³-hybridized carbons (Fsp3) is 0.481. The van der Waals surface area contributed by atoms with Crippen molar-refractivity contribution in [3.63, 3.8) is 0 Å². The zero-order valence-electron chi connectivity index (χ0n) is 20.7. The molecule has 0 aliphatic heterocycles. The van der Waals surface area contributed by atoms with Crippen LogP contribution in [0.2, 0.25) is 0 Å². The van der Waals surface area contributed by atoms with E-state index in [-0.39, 0.29) is 6.03 Å². The van der Waals surface area contributed by atoms with Crippen LogP contribution < -0.4 is 19.9 Å². The number of carboxylic acids is 1. The van der Waals surface area contributed by atoms with Crippen LogP contribution in [0.5, 0.6) is 5.75 Å². The highest BCUT2D eigenvalue weighted by molar-refractivity contribution is 6.03. The van der Waals surface area contributed by atoms with E-state index in [1.807, 2.05) is 37.3 Å². The van der Waals surface area contributed by atoms with Crippen LogP contribution in [0, 0.1) is 12.8 Å². The largest absolute Gasteiger partial charge is 0.482 e. The van der Waals surface area contributed by atoms with Crippen LogP contribution in [0.4, 0.5) is 21.9 Å². The number of nitrogens with zero attached hydrogens (tertiary/aromatic N) is 2. The predicted molar refractivity (Wildman–Crippen MR) is 137 cm³/mol. The Bertz CT molecular complexity index is 968. The molecule has 2 aromatic carbocycles. The van der Waals surface area contributed by atoms with Gasteiger partial charge in [-0.1, -0.05) is 50.8 Å². The molecule has 3 rings (SSSR count). The second-order valence-electron chi connectivity index (χ2n) is 9.52. The summed E-state index contributed by atoms with van der Waals surface area (Å²) in [6, 6.07) is 13.4. The molecule has 2 N–H and O–H groups in total. The lowest BCUT2D eigenvalue weighted by Gasteiger charge is -2.38. The Hall–Kier alpha value is -3.22. The molecule has 1 saturated carbocycles. The average Bonchev–Trinajstić information content (AvgIpc) is 2.82. The van der Waals surface area contributed by atoms with Crippen LogP contribution in [0.15, 0.2) is 42.5 Å². The minimum Gasteiger partial charge on any atom is -0.482 e.